The Morgan fingerprint density at radius 3 is 2.75 bits per heavy atom. The highest BCUT2D eigenvalue weighted by atomic mass is 35.5. The predicted molar refractivity (Wildman–Crippen MR) is 116 cm³/mol. The third kappa shape index (κ3) is 2.15. The van der Waals surface area contributed by atoms with E-state index < -0.39 is 0 Å². The van der Waals surface area contributed by atoms with Crippen molar-refractivity contribution < 1.29 is 4.74 Å². The number of benzene rings is 3. The molecule has 0 spiro atoms. The number of anilines is 1. The van der Waals surface area contributed by atoms with Crippen molar-refractivity contribution in [2.24, 2.45) is 5.92 Å². The summed E-state index contributed by atoms with van der Waals surface area (Å²) in [6.07, 6.45) is 8.04. The summed E-state index contributed by atoms with van der Waals surface area (Å²) in [5.41, 5.74) is 6.62. The van der Waals surface area contributed by atoms with Gasteiger partial charge in [0.05, 0.1) is 18.8 Å². The summed E-state index contributed by atoms with van der Waals surface area (Å²) in [7, 11) is 1.73. The molecule has 0 aromatic heterocycles. The van der Waals surface area contributed by atoms with Crippen molar-refractivity contribution in [1.29, 1.82) is 0 Å². The van der Waals surface area contributed by atoms with Gasteiger partial charge in [-0.25, -0.2) is 0 Å². The topological polar surface area (TPSA) is 21.3 Å². The molecule has 1 aliphatic heterocycles. The van der Waals surface area contributed by atoms with E-state index in [-0.39, 0.29) is 6.04 Å². The highest BCUT2D eigenvalue weighted by molar-refractivity contribution is 6.32. The van der Waals surface area contributed by atoms with Crippen molar-refractivity contribution >= 4 is 28.1 Å². The molecule has 1 N–H and O–H groups in total. The number of hydrogen-bond donors (Lipinski definition) is 1. The van der Waals surface area contributed by atoms with Gasteiger partial charge in [-0.3, -0.25) is 0 Å². The molecule has 0 amide bonds. The lowest BCUT2D eigenvalue weighted by atomic mass is 9.75. The Morgan fingerprint density at radius 2 is 1.89 bits per heavy atom. The molecule has 3 aliphatic rings. The summed E-state index contributed by atoms with van der Waals surface area (Å²) in [6, 6.07) is 15.7. The van der Waals surface area contributed by atoms with Gasteiger partial charge >= 0.3 is 0 Å². The monoisotopic (exact) mass is 387 g/mol. The molecule has 28 heavy (non-hydrogen) atoms. The van der Waals surface area contributed by atoms with Crippen LogP contribution < -0.4 is 10.1 Å². The number of nitrogens with one attached hydrogen (secondary N) is 1. The smallest absolute Gasteiger partial charge is 0.142 e. The predicted octanol–water partition coefficient (Wildman–Crippen LogP) is 6.43. The number of halogens is 1. The summed E-state index contributed by atoms with van der Waals surface area (Å²) in [5.74, 6) is 1.66. The van der Waals surface area contributed by atoms with Gasteiger partial charge in [0.15, 0.2) is 0 Å². The van der Waals surface area contributed by atoms with Crippen molar-refractivity contribution in [3.05, 3.63) is 81.9 Å². The Balaban J connectivity index is 1.57. The second-order valence-corrected chi connectivity index (χ2v) is 8.57. The largest absolute Gasteiger partial charge is 0.495 e. The van der Waals surface area contributed by atoms with Crippen LogP contribution in [0, 0.1) is 5.92 Å². The van der Waals surface area contributed by atoms with E-state index in [4.69, 9.17) is 16.3 Å². The minimum Gasteiger partial charge on any atom is -0.495 e. The first-order valence-corrected chi connectivity index (χ1v) is 10.5. The van der Waals surface area contributed by atoms with Crippen LogP contribution in [0.25, 0.3) is 10.8 Å². The SMILES string of the molecule is COc1ccc(Cl)c2c1N[C@@H](c1ccc3c4c(cccc14)CC3)[C@H]1CC=C[C@@H]21. The first-order chi connectivity index (χ1) is 13.8. The van der Waals surface area contributed by atoms with Crippen molar-refractivity contribution in [1.82, 2.24) is 0 Å². The maximum atomic E-state index is 6.65. The number of ether oxygens (including phenoxy) is 1. The average Bonchev–Trinajstić information content (AvgIpc) is 3.37. The zero-order chi connectivity index (χ0) is 18.8. The number of aryl methyl sites for hydroxylation is 2. The number of fused-ring (bicyclic) bond motifs is 3. The second-order valence-electron chi connectivity index (χ2n) is 8.17. The van der Waals surface area contributed by atoms with E-state index in [0.717, 1.165) is 35.7 Å². The maximum absolute atomic E-state index is 6.65. The molecule has 3 aromatic carbocycles. The number of rotatable bonds is 2. The fourth-order valence-corrected chi connectivity index (χ4v) is 5.94. The third-order valence-corrected chi connectivity index (χ3v) is 7.22. The van der Waals surface area contributed by atoms with E-state index >= 15 is 0 Å². The van der Waals surface area contributed by atoms with E-state index in [0.29, 0.717) is 11.8 Å². The van der Waals surface area contributed by atoms with Crippen LogP contribution in [0.1, 0.15) is 40.6 Å². The molecule has 2 aliphatic carbocycles. The van der Waals surface area contributed by atoms with Gasteiger partial charge in [-0.05, 0) is 64.8 Å². The molecule has 0 radical (unpaired) electrons. The molecule has 1 heterocycles. The lowest BCUT2D eigenvalue weighted by Crippen LogP contribution is -2.29. The van der Waals surface area contributed by atoms with Crippen LogP contribution in [0.4, 0.5) is 5.69 Å². The standard InChI is InChI=1S/C25H22ClNO/c1-28-21-13-12-20(26)23-17-6-3-7-18(17)24(27-25(21)23)19-11-10-15-9-8-14-4-2-5-16(19)22(14)15/h2-6,10-13,17-18,24,27H,7-9H2,1H3/t17-,18+,24-/m1/s1. The summed E-state index contributed by atoms with van der Waals surface area (Å²) in [6.45, 7) is 0. The summed E-state index contributed by atoms with van der Waals surface area (Å²) in [4.78, 5) is 0. The van der Waals surface area contributed by atoms with E-state index in [1.165, 1.54) is 33.0 Å². The molecule has 3 aromatic rings. The molecule has 140 valence electrons. The van der Waals surface area contributed by atoms with Crippen LogP contribution in [0.2, 0.25) is 5.02 Å². The summed E-state index contributed by atoms with van der Waals surface area (Å²) >= 11 is 6.65. The fourth-order valence-electron chi connectivity index (χ4n) is 5.66. The lowest BCUT2D eigenvalue weighted by molar-refractivity contribution is 0.398. The van der Waals surface area contributed by atoms with Crippen LogP contribution in [0.5, 0.6) is 5.75 Å². The van der Waals surface area contributed by atoms with Gasteiger partial charge in [-0.15, -0.1) is 0 Å². The molecule has 0 saturated heterocycles. The van der Waals surface area contributed by atoms with Gasteiger partial charge in [-0.1, -0.05) is 54.1 Å². The molecule has 0 saturated carbocycles. The molecule has 6 rings (SSSR count). The van der Waals surface area contributed by atoms with Crippen LogP contribution in [0.3, 0.4) is 0 Å². The normalized spacial score (nSPS) is 24.1. The molecule has 3 atom stereocenters. The Hall–Kier alpha value is -2.45. The van der Waals surface area contributed by atoms with Crippen LogP contribution >= 0.6 is 11.6 Å². The molecule has 0 fully saturated rings. The number of methoxy groups -OCH3 is 1. The number of allylic oxidation sites excluding steroid dienone is 2. The number of hydrogen-bond acceptors (Lipinski definition) is 2. The first-order valence-electron chi connectivity index (χ1n) is 10.1. The zero-order valence-electron chi connectivity index (χ0n) is 15.8. The quantitative estimate of drug-likeness (QED) is 0.512. The van der Waals surface area contributed by atoms with Crippen LogP contribution in [-0.2, 0) is 12.8 Å². The van der Waals surface area contributed by atoms with Gasteiger partial charge in [0, 0.05) is 16.5 Å². The van der Waals surface area contributed by atoms with Crippen LogP contribution in [-0.4, -0.2) is 7.11 Å². The average molecular weight is 388 g/mol. The zero-order valence-corrected chi connectivity index (χ0v) is 16.6. The molecule has 2 nitrogen and oxygen atoms in total. The van der Waals surface area contributed by atoms with Crippen molar-refractivity contribution in [3.8, 4) is 5.75 Å². The van der Waals surface area contributed by atoms with Gasteiger partial charge in [0.1, 0.15) is 5.75 Å². The Bertz CT molecular complexity index is 1140. The lowest BCUT2D eigenvalue weighted by Gasteiger charge is -2.39. The Morgan fingerprint density at radius 1 is 1.04 bits per heavy atom. The van der Waals surface area contributed by atoms with E-state index in [1.807, 2.05) is 12.1 Å². The van der Waals surface area contributed by atoms with E-state index in [2.05, 4.69) is 47.8 Å². The molecule has 0 unspecified atom stereocenters. The Kier molecular flexibility index (Phi) is 3.55. The van der Waals surface area contributed by atoms with Gasteiger partial charge in [-0.2, -0.15) is 0 Å². The molecular weight excluding hydrogens is 366 g/mol. The van der Waals surface area contributed by atoms with Gasteiger partial charge in [0.25, 0.3) is 0 Å². The second kappa shape index (κ2) is 6.02. The fraction of sp³-hybridized carbons (Fsp3) is 0.280. The van der Waals surface area contributed by atoms with Gasteiger partial charge in [0.2, 0.25) is 0 Å². The Labute approximate surface area is 170 Å². The minimum absolute atomic E-state index is 0.241. The summed E-state index contributed by atoms with van der Waals surface area (Å²) in [5, 5.41) is 7.55. The molecule has 3 heteroatoms. The third-order valence-electron chi connectivity index (χ3n) is 6.89. The minimum atomic E-state index is 0.241. The van der Waals surface area contributed by atoms with Crippen LogP contribution in [0.15, 0.2) is 54.6 Å². The highest BCUT2D eigenvalue weighted by Gasteiger charge is 2.41. The molecular formula is C25H22ClNO. The first kappa shape index (κ1) is 16.5. The summed E-state index contributed by atoms with van der Waals surface area (Å²) < 4.78 is 5.69. The highest BCUT2D eigenvalue weighted by Crippen LogP contribution is 2.55. The maximum Gasteiger partial charge on any atom is 0.142 e. The molecule has 0 bridgehead atoms. The van der Waals surface area contributed by atoms with Crippen molar-refractivity contribution in [2.75, 3.05) is 12.4 Å². The van der Waals surface area contributed by atoms with E-state index in [1.54, 1.807) is 7.11 Å². The van der Waals surface area contributed by atoms with Crippen molar-refractivity contribution in [2.45, 2.75) is 31.2 Å². The van der Waals surface area contributed by atoms with E-state index in [9.17, 15) is 0 Å². The van der Waals surface area contributed by atoms with Crippen molar-refractivity contribution in [3.63, 3.8) is 0 Å². The van der Waals surface area contributed by atoms with Gasteiger partial charge < -0.3 is 10.1 Å².